The topological polar surface area (TPSA) is 50.8 Å². The van der Waals surface area contributed by atoms with Crippen molar-refractivity contribution in [3.63, 3.8) is 0 Å². The lowest BCUT2D eigenvalue weighted by Crippen LogP contribution is -2.14. The summed E-state index contributed by atoms with van der Waals surface area (Å²) >= 11 is 6.22. The molecule has 2 rings (SSSR count). The van der Waals surface area contributed by atoms with Gasteiger partial charge in [-0.3, -0.25) is 0 Å². The van der Waals surface area contributed by atoms with Crippen molar-refractivity contribution >= 4 is 11.6 Å². The highest BCUT2D eigenvalue weighted by Gasteiger charge is 2.23. The van der Waals surface area contributed by atoms with Crippen molar-refractivity contribution in [2.45, 2.75) is 44.8 Å². The molecule has 0 amide bonds. The van der Waals surface area contributed by atoms with Gasteiger partial charge in [0, 0.05) is 7.11 Å². The predicted octanol–water partition coefficient (Wildman–Crippen LogP) is 3.06. The van der Waals surface area contributed by atoms with Crippen LogP contribution >= 0.6 is 11.6 Å². The second-order valence-electron chi connectivity index (χ2n) is 4.39. The summed E-state index contributed by atoms with van der Waals surface area (Å²) in [5, 5.41) is 14.0. The van der Waals surface area contributed by atoms with E-state index in [-0.39, 0.29) is 0 Å². The SMILES string of the molecule is COCc1nn(C2CCCCC2)c(Cl)c1C#N. The van der Waals surface area contributed by atoms with E-state index in [1.165, 1.54) is 19.3 Å². The third kappa shape index (κ3) is 2.46. The molecule has 0 radical (unpaired) electrons. The van der Waals surface area contributed by atoms with Crippen molar-refractivity contribution in [1.82, 2.24) is 9.78 Å². The van der Waals surface area contributed by atoms with Crippen molar-refractivity contribution in [3.8, 4) is 6.07 Å². The summed E-state index contributed by atoms with van der Waals surface area (Å²) < 4.78 is 6.85. The van der Waals surface area contributed by atoms with E-state index in [2.05, 4.69) is 11.2 Å². The number of aromatic nitrogens is 2. The maximum atomic E-state index is 9.09. The summed E-state index contributed by atoms with van der Waals surface area (Å²) in [4.78, 5) is 0. The molecule has 0 spiro atoms. The minimum absolute atomic E-state index is 0.336. The maximum absolute atomic E-state index is 9.09. The number of ether oxygens (including phenoxy) is 1. The van der Waals surface area contributed by atoms with Gasteiger partial charge in [-0.15, -0.1) is 0 Å². The first-order valence-corrected chi connectivity index (χ1v) is 6.31. The van der Waals surface area contributed by atoms with E-state index in [0.717, 1.165) is 12.8 Å². The number of halogens is 1. The molecule has 0 aliphatic heterocycles. The summed E-state index contributed by atoms with van der Waals surface area (Å²) in [6.07, 6.45) is 5.90. The van der Waals surface area contributed by atoms with Crippen molar-refractivity contribution in [3.05, 3.63) is 16.4 Å². The quantitative estimate of drug-likeness (QED) is 0.832. The molecule has 1 fully saturated rings. The Morgan fingerprint density at radius 3 is 2.76 bits per heavy atom. The van der Waals surface area contributed by atoms with E-state index in [9.17, 15) is 0 Å². The monoisotopic (exact) mass is 253 g/mol. The van der Waals surface area contributed by atoms with Crippen molar-refractivity contribution in [1.29, 1.82) is 5.26 Å². The lowest BCUT2D eigenvalue weighted by molar-refractivity contribution is 0.179. The fraction of sp³-hybridized carbons (Fsp3) is 0.667. The number of hydrogen-bond acceptors (Lipinski definition) is 3. The van der Waals surface area contributed by atoms with Gasteiger partial charge in [0.25, 0.3) is 0 Å². The zero-order chi connectivity index (χ0) is 12.3. The number of rotatable bonds is 3. The molecular formula is C12H16ClN3O. The minimum atomic E-state index is 0.336. The third-order valence-corrected chi connectivity index (χ3v) is 3.60. The Morgan fingerprint density at radius 1 is 1.47 bits per heavy atom. The molecular weight excluding hydrogens is 238 g/mol. The van der Waals surface area contributed by atoms with Crippen LogP contribution < -0.4 is 0 Å². The molecule has 1 saturated carbocycles. The number of nitrogens with zero attached hydrogens (tertiary/aromatic N) is 3. The molecule has 1 aliphatic rings. The van der Waals surface area contributed by atoms with Gasteiger partial charge in [0.05, 0.1) is 12.6 Å². The van der Waals surface area contributed by atoms with Gasteiger partial charge in [0.15, 0.2) is 0 Å². The van der Waals surface area contributed by atoms with Gasteiger partial charge in [0.1, 0.15) is 22.5 Å². The zero-order valence-corrected chi connectivity index (χ0v) is 10.7. The van der Waals surface area contributed by atoms with Crippen LogP contribution in [0.4, 0.5) is 0 Å². The average molecular weight is 254 g/mol. The number of nitriles is 1. The molecule has 1 heterocycles. The fourth-order valence-corrected chi connectivity index (χ4v) is 2.70. The molecule has 4 nitrogen and oxygen atoms in total. The van der Waals surface area contributed by atoms with Crippen LogP contribution in [0.25, 0.3) is 0 Å². The van der Waals surface area contributed by atoms with Crippen LogP contribution in [0.5, 0.6) is 0 Å². The molecule has 0 N–H and O–H groups in total. The van der Waals surface area contributed by atoms with Gasteiger partial charge in [-0.05, 0) is 12.8 Å². The summed E-state index contributed by atoms with van der Waals surface area (Å²) in [7, 11) is 1.59. The lowest BCUT2D eigenvalue weighted by Gasteiger charge is -2.22. The normalized spacial score (nSPS) is 17.0. The van der Waals surface area contributed by atoms with Gasteiger partial charge in [0.2, 0.25) is 0 Å². The van der Waals surface area contributed by atoms with E-state index in [1.807, 2.05) is 4.68 Å². The number of hydrogen-bond donors (Lipinski definition) is 0. The summed E-state index contributed by atoms with van der Waals surface area (Å²) in [5.74, 6) is 0. The summed E-state index contributed by atoms with van der Waals surface area (Å²) in [6.45, 7) is 0.336. The first kappa shape index (κ1) is 12.4. The van der Waals surface area contributed by atoms with Gasteiger partial charge < -0.3 is 4.74 Å². The Balaban J connectivity index is 2.30. The fourth-order valence-electron chi connectivity index (χ4n) is 2.37. The standard InChI is InChI=1S/C12H16ClN3O/c1-17-8-11-10(7-14)12(13)16(15-11)9-5-3-2-4-6-9/h9H,2-6,8H2,1H3. The lowest BCUT2D eigenvalue weighted by atomic mass is 9.96. The highest BCUT2D eigenvalue weighted by atomic mass is 35.5. The van der Waals surface area contributed by atoms with Crippen LogP contribution in [0.15, 0.2) is 0 Å². The van der Waals surface area contributed by atoms with Crippen LogP contribution in [-0.4, -0.2) is 16.9 Å². The average Bonchev–Trinajstić information content (AvgIpc) is 2.67. The maximum Gasteiger partial charge on any atom is 0.145 e. The Hall–Kier alpha value is -1.05. The van der Waals surface area contributed by atoms with Gasteiger partial charge in [-0.2, -0.15) is 10.4 Å². The van der Waals surface area contributed by atoms with Gasteiger partial charge in [-0.1, -0.05) is 30.9 Å². The molecule has 1 aromatic heterocycles. The molecule has 5 heteroatoms. The minimum Gasteiger partial charge on any atom is -0.378 e. The second kappa shape index (κ2) is 5.52. The van der Waals surface area contributed by atoms with Gasteiger partial charge >= 0.3 is 0 Å². The molecule has 0 saturated heterocycles. The van der Waals surface area contributed by atoms with E-state index in [4.69, 9.17) is 21.6 Å². The highest BCUT2D eigenvalue weighted by Crippen LogP contribution is 2.32. The van der Waals surface area contributed by atoms with Crippen LogP contribution in [0.2, 0.25) is 5.15 Å². The van der Waals surface area contributed by atoms with Crippen molar-refractivity contribution < 1.29 is 4.74 Å². The van der Waals surface area contributed by atoms with Crippen molar-refractivity contribution in [2.24, 2.45) is 0 Å². The van der Waals surface area contributed by atoms with Crippen LogP contribution in [0.1, 0.15) is 49.4 Å². The Labute approximate surface area is 106 Å². The number of methoxy groups -OCH3 is 1. The highest BCUT2D eigenvalue weighted by molar-refractivity contribution is 6.30. The Bertz CT molecular complexity index is 430. The molecule has 0 aromatic carbocycles. The smallest absolute Gasteiger partial charge is 0.145 e. The van der Waals surface area contributed by atoms with E-state index in [1.54, 1.807) is 7.11 Å². The molecule has 0 unspecified atom stereocenters. The van der Waals surface area contributed by atoms with Crippen LogP contribution in [0.3, 0.4) is 0 Å². The Morgan fingerprint density at radius 2 is 2.18 bits per heavy atom. The molecule has 92 valence electrons. The van der Waals surface area contributed by atoms with E-state index in [0.29, 0.717) is 29.1 Å². The van der Waals surface area contributed by atoms with Gasteiger partial charge in [-0.25, -0.2) is 4.68 Å². The van der Waals surface area contributed by atoms with Crippen LogP contribution in [0, 0.1) is 11.3 Å². The molecule has 1 aromatic rings. The third-order valence-electron chi connectivity index (χ3n) is 3.24. The summed E-state index contributed by atoms with van der Waals surface area (Å²) in [6, 6.07) is 2.45. The van der Waals surface area contributed by atoms with E-state index >= 15 is 0 Å². The molecule has 0 atom stereocenters. The first-order chi connectivity index (χ1) is 8.27. The summed E-state index contributed by atoms with van der Waals surface area (Å²) in [5.41, 5.74) is 1.10. The van der Waals surface area contributed by atoms with Crippen LogP contribution in [-0.2, 0) is 11.3 Å². The molecule has 17 heavy (non-hydrogen) atoms. The van der Waals surface area contributed by atoms with Crippen molar-refractivity contribution in [2.75, 3.05) is 7.11 Å². The first-order valence-electron chi connectivity index (χ1n) is 5.93. The van der Waals surface area contributed by atoms with E-state index < -0.39 is 0 Å². The second-order valence-corrected chi connectivity index (χ2v) is 4.75. The largest absolute Gasteiger partial charge is 0.378 e. The molecule has 0 bridgehead atoms. The zero-order valence-electron chi connectivity index (χ0n) is 9.95. The Kier molecular flexibility index (Phi) is 4.03. The molecule has 1 aliphatic carbocycles. The predicted molar refractivity (Wildman–Crippen MR) is 64.8 cm³/mol.